The van der Waals surface area contributed by atoms with Crippen LogP contribution in [0.3, 0.4) is 0 Å². The number of amides is 3. The van der Waals surface area contributed by atoms with Crippen molar-refractivity contribution in [3.8, 4) is 0 Å². The average molecular weight is 373 g/mol. The predicted octanol–water partition coefficient (Wildman–Crippen LogP) is 2.00. The largest absolute Gasteiger partial charge is 0.324 e. The maximum atomic E-state index is 14.0. The van der Waals surface area contributed by atoms with Gasteiger partial charge in [0.15, 0.2) is 0 Å². The summed E-state index contributed by atoms with van der Waals surface area (Å²) >= 11 is 0. The van der Waals surface area contributed by atoms with Gasteiger partial charge < -0.3 is 5.32 Å². The Balaban J connectivity index is 1.92. The van der Waals surface area contributed by atoms with E-state index in [1.54, 1.807) is 0 Å². The Morgan fingerprint density at radius 1 is 1.19 bits per heavy atom. The lowest BCUT2D eigenvalue weighted by atomic mass is 9.76. The number of hydrogen-bond acceptors (Lipinski definition) is 4. The lowest BCUT2D eigenvalue weighted by Gasteiger charge is -2.31. The van der Waals surface area contributed by atoms with Gasteiger partial charge >= 0.3 is 0 Å². The lowest BCUT2D eigenvalue weighted by molar-refractivity contribution is -0.145. The van der Waals surface area contributed by atoms with Crippen LogP contribution in [-0.4, -0.2) is 34.7 Å². The number of nitrogens with zero attached hydrogens (tertiary/aromatic N) is 1. The van der Waals surface area contributed by atoms with Gasteiger partial charge in [-0.2, -0.15) is 0 Å². The molecule has 3 amide bonds. The van der Waals surface area contributed by atoms with E-state index in [4.69, 9.17) is 0 Å². The first-order chi connectivity index (χ1) is 12.7. The summed E-state index contributed by atoms with van der Waals surface area (Å²) in [7, 11) is 0. The number of imide groups is 1. The van der Waals surface area contributed by atoms with E-state index in [1.165, 1.54) is 23.1 Å². The van der Waals surface area contributed by atoms with Gasteiger partial charge in [0.25, 0.3) is 0 Å². The molecule has 2 fully saturated rings. The maximum Gasteiger partial charge on any atom is 0.250 e. The van der Waals surface area contributed by atoms with Gasteiger partial charge in [-0.05, 0) is 37.5 Å². The SMILES string of the molecule is CCC(C)N1C(=O)C2C(C(C)C)NC3(C(=O)Nc4ccc(F)cc43)C2C1=O. The van der Waals surface area contributed by atoms with Crippen molar-refractivity contribution < 1.29 is 18.8 Å². The first-order valence-corrected chi connectivity index (χ1v) is 9.50. The molecule has 5 atom stereocenters. The van der Waals surface area contributed by atoms with Crippen molar-refractivity contribution in [3.05, 3.63) is 29.6 Å². The summed E-state index contributed by atoms with van der Waals surface area (Å²) in [6.07, 6.45) is 0.640. The van der Waals surface area contributed by atoms with Crippen molar-refractivity contribution in [1.29, 1.82) is 0 Å². The van der Waals surface area contributed by atoms with Crippen LogP contribution in [0, 0.1) is 23.6 Å². The van der Waals surface area contributed by atoms with Crippen molar-refractivity contribution in [2.24, 2.45) is 17.8 Å². The van der Waals surface area contributed by atoms with Crippen molar-refractivity contribution in [2.75, 3.05) is 5.32 Å². The van der Waals surface area contributed by atoms with E-state index >= 15 is 0 Å². The highest BCUT2D eigenvalue weighted by atomic mass is 19.1. The molecule has 6 nitrogen and oxygen atoms in total. The van der Waals surface area contributed by atoms with Crippen LogP contribution in [0.4, 0.5) is 10.1 Å². The zero-order valence-corrected chi connectivity index (χ0v) is 15.9. The normalized spacial score (nSPS) is 33.0. The van der Waals surface area contributed by atoms with Crippen LogP contribution < -0.4 is 10.6 Å². The van der Waals surface area contributed by atoms with E-state index in [0.717, 1.165) is 0 Å². The van der Waals surface area contributed by atoms with E-state index in [-0.39, 0.29) is 29.8 Å². The molecule has 0 aromatic heterocycles. The van der Waals surface area contributed by atoms with Crippen LogP contribution >= 0.6 is 0 Å². The summed E-state index contributed by atoms with van der Waals surface area (Å²) in [5.41, 5.74) is -0.511. The van der Waals surface area contributed by atoms with Gasteiger partial charge in [-0.15, -0.1) is 0 Å². The second kappa shape index (κ2) is 5.86. The summed E-state index contributed by atoms with van der Waals surface area (Å²) < 4.78 is 14.0. The minimum atomic E-state index is -1.41. The van der Waals surface area contributed by atoms with Crippen molar-refractivity contribution >= 4 is 23.4 Å². The van der Waals surface area contributed by atoms with Gasteiger partial charge in [0.1, 0.15) is 11.4 Å². The summed E-state index contributed by atoms with van der Waals surface area (Å²) in [5.74, 6) is -2.93. The molecule has 5 unspecified atom stereocenters. The third-order valence-electron chi connectivity index (χ3n) is 6.40. The summed E-state index contributed by atoms with van der Waals surface area (Å²) in [6.45, 7) is 7.66. The molecule has 27 heavy (non-hydrogen) atoms. The Kier molecular flexibility index (Phi) is 3.93. The Hall–Kier alpha value is -2.28. The molecule has 0 bridgehead atoms. The number of nitrogens with one attached hydrogen (secondary N) is 2. The third kappa shape index (κ3) is 2.18. The van der Waals surface area contributed by atoms with Crippen molar-refractivity contribution in [1.82, 2.24) is 10.2 Å². The minimum Gasteiger partial charge on any atom is -0.324 e. The maximum absolute atomic E-state index is 14.0. The first kappa shape index (κ1) is 18.1. The fourth-order valence-corrected chi connectivity index (χ4v) is 4.92. The summed E-state index contributed by atoms with van der Waals surface area (Å²) in [5, 5.41) is 6.07. The molecule has 7 heteroatoms. The highest BCUT2D eigenvalue weighted by Crippen LogP contribution is 2.54. The molecule has 3 aliphatic rings. The minimum absolute atomic E-state index is 0.0240. The van der Waals surface area contributed by atoms with Crippen LogP contribution in [0.15, 0.2) is 18.2 Å². The van der Waals surface area contributed by atoms with E-state index in [0.29, 0.717) is 17.7 Å². The van der Waals surface area contributed by atoms with Crippen molar-refractivity contribution in [2.45, 2.75) is 51.7 Å². The average Bonchev–Trinajstić information content (AvgIpc) is 3.20. The number of anilines is 1. The topological polar surface area (TPSA) is 78.5 Å². The predicted molar refractivity (Wildman–Crippen MR) is 97.1 cm³/mol. The first-order valence-electron chi connectivity index (χ1n) is 9.50. The molecule has 2 saturated heterocycles. The fourth-order valence-electron chi connectivity index (χ4n) is 4.92. The van der Waals surface area contributed by atoms with Gasteiger partial charge in [-0.1, -0.05) is 20.8 Å². The number of carbonyl (C=O) groups is 3. The quantitative estimate of drug-likeness (QED) is 0.795. The number of hydrogen-bond donors (Lipinski definition) is 2. The Morgan fingerprint density at radius 2 is 1.89 bits per heavy atom. The number of carbonyl (C=O) groups excluding carboxylic acids is 3. The lowest BCUT2D eigenvalue weighted by Crippen LogP contribution is -2.54. The molecule has 0 aliphatic carbocycles. The van der Waals surface area contributed by atoms with Gasteiger partial charge in [-0.3, -0.25) is 24.6 Å². The molecule has 1 aromatic carbocycles. The molecular weight excluding hydrogens is 349 g/mol. The van der Waals surface area contributed by atoms with Gasteiger partial charge in [-0.25, -0.2) is 4.39 Å². The molecular formula is C20H24FN3O3. The highest BCUT2D eigenvalue weighted by Gasteiger charge is 2.71. The number of rotatable bonds is 3. The second-order valence-corrected chi connectivity index (χ2v) is 8.17. The Bertz CT molecular complexity index is 855. The second-order valence-electron chi connectivity index (χ2n) is 8.17. The van der Waals surface area contributed by atoms with Crippen LogP contribution in [0.1, 0.15) is 39.7 Å². The zero-order valence-electron chi connectivity index (χ0n) is 15.9. The molecule has 0 saturated carbocycles. The number of likely N-dealkylation sites (tertiary alicyclic amines) is 1. The number of halogens is 1. The van der Waals surface area contributed by atoms with Gasteiger partial charge in [0.2, 0.25) is 17.7 Å². The van der Waals surface area contributed by atoms with Crippen LogP contribution in [-0.2, 0) is 19.9 Å². The summed E-state index contributed by atoms with van der Waals surface area (Å²) in [4.78, 5) is 41.0. The van der Waals surface area contributed by atoms with Crippen LogP contribution in [0.25, 0.3) is 0 Å². The van der Waals surface area contributed by atoms with E-state index in [9.17, 15) is 18.8 Å². The number of benzene rings is 1. The van der Waals surface area contributed by atoms with Crippen LogP contribution in [0.2, 0.25) is 0 Å². The Labute approximate surface area is 157 Å². The molecule has 3 aliphatic heterocycles. The van der Waals surface area contributed by atoms with Crippen molar-refractivity contribution in [3.63, 3.8) is 0 Å². The molecule has 2 N–H and O–H groups in total. The molecule has 1 spiro atoms. The van der Waals surface area contributed by atoms with E-state index in [2.05, 4.69) is 10.6 Å². The van der Waals surface area contributed by atoms with E-state index < -0.39 is 29.1 Å². The van der Waals surface area contributed by atoms with Crippen LogP contribution in [0.5, 0.6) is 0 Å². The zero-order chi connectivity index (χ0) is 19.7. The van der Waals surface area contributed by atoms with E-state index in [1.807, 2.05) is 27.7 Å². The monoisotopic (exact) mass is 373 g/mol. The smallest absolute Gasteiger partial charge is 0.250 e. The van der Waals surface area contributed by atoms with Gasteiger partial charge in [0, 0.05) is 23.3 Å². The molecule has 144 valence electrons. The number of fused-ring (bicyclic) bond motifs is 4. The Morgan fingerprint density at radius 3 is 2.52 bits per heavy atom. The third-order valence-corrected chi connectivity index (χ3v) is 6.40. The molecule has 4 rings (SSSR count). The van der Waals surface area contributed by atoms with Gasteiger partial charge in [0.05, 0.1) is 11.8 Å². The molecule has 0 radical (unpaired) electrons. The highest BCUT2D eigenvalue weighted by molar-refractivity contribution is 6.15. The fraction of sp³-hybridized carbons (Fsp3) is 0.550. The molecule has 3 heterocycles. The summed E-state index contributed by atoms with van der Waals surface area (Å²) in [6, 6.07) is 3.49. The molecule has 1 aromatic rings. The standard InChI is InChI=1S/C20H24FN3O3/c1-5-10(4)24-17(25)14-15(18(24)26)20(23-16(14)9(2)3)12-8-11(21)6-7-13(12)22-19(20)27/h6-10,14-16,23H,5H2,1-4H3,(H,22,27).